The first-order chi connectivity index (χ1) is 8.65. The standard InChI is InChI=1S/C14H19FN2O/c1-11-5-2-3-8-17(11)10-14(18)16-13-7-4-6-12(15)9-13/h4,6-7,9,11H,2-3,5,8,10H2,1H3,(H,16,18). The molecule has 1 N–H and O–H groups in total. The molecule has 1 heterocycles. The van der Waals surface area contributed by atoms with E-state index in [1.165, 1.54) is 18.6 Å². The first-order valence-corrected chi connectivity index (χ1v) is 6.44. The van der Waals surface area contributed by atoms with Crippen LogP contribution >= 0.6 is 0 Å². The number of halogens is 1. The van der Waals surface area contributed by atoms with Gasteiger partial charge in [0.05, 0.1) is 6.54 Å². The first kappa shape index (κ1) is 13.0. The highest BCUT2D eigenvalue weighted by Gasteiger charge is 2.20. The molecule has 2 rings (SSSR count). The van der Waals surface area contributed by atoms with E-state index in [9.17, 15) is 9.18 Å². The molecule has 0 spiro atoms. The molecule has 0 bridgehead atoms. The van der Waals surface area contributed by atoms with E-state index in [4.69, 9.17) is 0 Å². The lowest BCUT2D eigenvalue weighted by Gasteiger charge is -2.32. The van der Waals surface area contributed by atoms with E-state index < -0.39 is 0 Å². The number of hydrogen-bond donors (Lipinski definition) is 1. The number of piperidine rings is 1. The van der Waals surface area contributed by atoms with E-state index in [2.05, 4.69) is 17.1 Å². The van der Waals surface area contributed by atoms with Gasteiger partial charge in [-0.05, 0) is 44.5 Å². The van der Waals surface area contributed by atoms with Crippen LogP contribution in [0, 0.1) is 5.82 Å². The minimum Gasteiger partial charge on any atom is -0.325 e. The molecule has 1 atom stereocenters. The maximum Gasteiger partial charge on any atom is 0.238 e. The predicted molar refractivity (Wildman–Crippen MR) is 69.9 cm³/mol. The summed E-state index contributed by atoms with van der Waals surface area (Å²) in [5, 5.41) is 2.73. The van der Waals surface area contributed by atoms with Crippen LogP contribution in [-0.4, -0.2) is 29.9 Å². The van der Waals surface area contributed by atoms with Gasteiger partial charge in [-0.2, -0.15) is 0 Å². The Labute approximate surface area is 107 Å². The molecule has 0 radical (unpaired) electrons. The van der Waals surface area contributed by atoms with E-state index in [0.717, 1.165) is 19.4 Å². The first-order valence-electron chi connectivity index (χ1n) is 6.44. The zero-order valence-corrected chi connectivity index (χ0v) is 10.7. The summed E-state index contributed by atoms with van der Waals surface area (Å²) in [7, 11) is 0. The molecule has 18 heavy (non-hydrogen) atoms. The average molecular weight is 250 g/mol. The van der Waals surface area contributed by atoms with Crippen molar-refractivity contribution in [3.05, 3.63) is 30.1 Å². The highest BCUT2D eigenvalue weighted by molar-refractivity contribution is 5.92. The van der Waals surface area contributed by atoms with Crippen LogP contribution in [0.3, 0.4) is 0 Å². The Hall–Kier alpha value is -1.42. The summed E-state index contributed by atoms with van der Waals surface area (Å²) in [6.45, 7) is 3.50. The van der Waals surface area contributed by atoms with E-state index in [1.54, 1.807) is 12.1 Å². The fourth-order valence-electron chi connectivity index (χ4n) is 2.34. The van der Waals surface area contributed by atoms with Crippen LogP contribution in [0.5, 0.6) is 0 Å². The second-order valence-electron chi connectivity index (χ2n) is 4.87. The van der Waals surface area contributed by atoms with Crippen LogP contribution < -0.4 is 5.32 Å². The lowest BCUT2D eigenvalue weighted by Crippen LogP contribution is -2.42. The number of carbonyl (C=O) groups is 1. The Morgan fingerprint density at radius 1 is 1.50 bits per heavy atom. The van der Waals surface area contributed by atoms with E-state index >= 15 is 0 Å². The summed E-state index contributed by atoms with van der Waals surface area (Å²) in [5.41, 5.74) is 0.518. The molecule has 1 aliphatic heterocycles. The lowest BCUT2D eigenvalue weighted by atomic mass is 10.0. The molecule has 3 nitrogen and oxygen atoms in total. The predicted octanol–water partition coefficient (Wildman–Crippen LogP) is 2.64. The van der Waals surface area contributed by atoms with Crippen molar-refractivity contribution in [2.45, 2.75) is 32.2 Å². The molecule has 0 aliphatic carbocycles. The van der Waals surface area contributed by atoms with Gasteiger partial charge in [0.1, 0.15) is 5.82 Å². The number of nitrogens with zero attached hydrogens (tertiary/aromatic N) is 1. The molecule has 1 saturated heterocycles. The van der Waals surface area contributed by atoms with Gasteiger partial charge < -0.3 is 5.32 Å². The third-order valence-corrected chi connectivity index (χ3v) is 3.40. The highest BCUT2D eigenvalue weighted by Crippen LogP contribution is 2.16. The normalized spacial score (nSPS) is 20.7. The van der Waals surface area contributed by atoms with E-state index in [0.29, 0.717) is 18.3 Å². The zero-order valence-electron chi connectivity index (χ0n) is 10.7. The summed E-state index contributed by atoms with van der Waals surface area (Å²) >= 11 is 0. The molecule has 1 aliphatic rings. The number of anilines is 1. The van der Waals surface area contributed by atoms with Crippen molar-refractivity contribution in [3.8, 4) is 0 Å². The minimum atomic E-state index is -0.334. The van der Waals surface area contributed by atoms with Gasteiger partial charge in [0.2, 0.25) is 5.91 Å². The quantitative estimate of drug-likeness (QED) is 0.894. The van der Waals surface area contributed by atoms with E-state index in [-0.39, 0.29) is 11.7 Å². The minimum absolute atomic E-state index is 0.0747. The fourth-order valence-corrected chi connectivity index (χ4v) is 2.34. The van der Waals surface area contributed by atoms with Crippen molar-refractivity contribution >= 4 is 11.6 Å². The molecular weight excluding hydrogens is 231 g/mol. The summed E-state index contributed by atoms with van der Waals surface area (Å²) in [6.07, 6.45) is 3.54. The average Bonchev–Trinajstić information content (AvgIpc) is 2.32. The molecule has 0 aromatic heterocycles. The van der Waals surface area contributed by atoms with Crippen LogP contribution in [0.2, 0.25) is 0 Å². The molecule has 0 saturated carbocycles. The SMILES string of the molecule is CC1CCCCN1CC(=O)Nc1cccc(F)c1. The Bertz CT molecular complexity index is 422. The summed E-state index contributed by atoms with van der Waals surface area (Å²) < 4.78 is 13.0. The van der Waals surface area contributed by atoms with Crippen LogP contribution in [0.1, 0.15) is 26.2 Å². The molecule has 1 fully saturated rings. The van der Waals surface area contributed by atoms with Gasteiger partial charge in [-0.1, -0.05) is 12.5 Å². The molecule has 98 valence electrons. The van der Waals surface area contributed by atoms with Gasteiger partial charge in [-0.15, -0.1) is 0 Å². The molecule has 1 aromatic carbocycles. The smallest absolute Gasteiger partial charge is 0.238 e. The van der Waals surface area contributed by atoms with Crippen LogP contribution in [0.4, 0.5) is 10.1 Å². The number of benzene rings is 1. The monoisotopic (exact) mass is 250 g/mol. The lowest BCUT2D eigenvalue weighted by molar-refractivity contribution is -0.118. The van der Waals surface area contributed by atoms with Crippen molar-refractivity contribution < 1.29 is 9.18 Å². The van der Waals surface area contributed by atoms with E-state index in [1.807, 2.05) is 0 Å². The highest BCUT2D eigenvalue weighted by atomic mass is 19.1. The zero-order chi connectivity index (χ0) is 13.0. The number of carbonyl (C=O) groups excluding carboxylic acids is 1. The molecule has 1 amide bonds. The number of hydrogen-bond acceptors (Lipinski definition) is 2. The number of amides is 1. The molecule has 1 aromatic rings. The van der Waals surface area contributed by atoms with Crippen molar-refractivity contribution in [1.29, 1.82) is 0 Å². The van der Waals surface area contributed by atoms with Crippen molar-refractivity contribution in [2.75, 3.05) is 18.4 Å². The third-order valence-electron chi connectivity index (χ3n) is 3.40. The maximum atomic E-state index is 13.0. The number of rotatable bonds is 3. The number of nitrogens with one attached hydrogen (secondary N) is 1. The van der Waals surface area contributed by atoms with Crippen LogP contribution in [-0.2, 0) is 4.79 Å². The fraction of sp³-hybridized carbons (Fsp3) is 0.500. The Kier molecular flexibility index (Phi) is 4.31. The van der Waals surface area contributed by atoms with Gasteiger partial charge in [0.25, 0.3) is 0 Å². The number of likely N-dealkylation sites (tertiary alicyclic amines) is 1. The van der Waals surface area contributed by atoms with Crippen LogP contribution in [0.25, 0.3) is 0 Å². The largest absolute Gasteiger partial charge is 0.325 e. The Morgan fingerprint density at radius 3 is 3.06 bits per heavy atom. The summed E-state index contributed by atoms with van der Waals surface area (Å²) in [4.78, 5) is 14.0. The van der Waals surface area contributed by atoms with Gasteiger partial charge in [-0.25, -0.2) is 4.39 Å². The van der Waals surface area contributed by atoms with Crippen LogP contribution in [0.15, 0.2) is 24.3 Å². The van der Waals surface area contributed by atoms with Crippen molar-refractivity contribution in [1.82, 2.24) is 4.90 Å². The maximum absolute atomic E-state index is 13.0. The van der Waals surface area contributed by atoms with Gasteiger partial charge >= 0.3 is 0 Å². The summed E-state index contributed by atoms with van der Waals surface area (Å²) in [6, 6.07) is 6.44. The molecular formula is C14H19FN2O. The second-order valence-corrected chi connectivity index (χ2v) is 4.87. The third kappa shape index (κ3) is 3.53. The topological polar surface area (TPSA) is 32.3 Å². The Balaban J connectivity index is 1.88. The second kappa shape index (κ2) is 5.96. The Morgan fingerprint density at radius 2 is 2.33 bits per heavy atom. The van der Waals surface area contributed by atoms with Gasteiger partial charge in [-0.3, -0.25) is 9.69 Å². The van der Waals surface area contributed by atoms with Gasteiger partial charge in [0, 0.05) is 11.7 Å². The molecule has 4 heteroatoms. The van der Waals surface area contributed by atoms with Gasteiger partial charge in [0.15, 0.2) is 0 Å². The van der Waals surface area contributed by atoms with Crippen molar-refractivity contribution in [2.24, 2.45) is 0 Å². The van der Waals surface area contributed by atoms with Crippen molar-refractivity contribution in [3.63, 3.8) is 0 Å². The molecule has 1 unspecified atom stereocenters. The summed E-state index contributed by atoms with van der Waals surface area (Å²) in [5.74, 6) is -0.409.